The molecule has 1 aliphatic rings. The maximum Gasteiger partial charge on any atom is 0.472 e. The average Bonchev–Trinajstić information content (AvgIpc) is 2.07. The number of nitrogens with zero attached hydrogens (tertiary/aromatic N) is 2. The molecule has 100 valence electrons. The van der Waals surface area contributed by atoms with Gasteiger partial charge in [0.2, 0.25) is 0 Å². The number of hydrogen-bond donors (Lipinski definition) is 1. The van der Waals surface area contributed by atoms with Crippen molar-refractivity contribution in [1.29, 1.82) is 0 Å². The lowest BCUT2D eigenvalue weighted by atomic mass is 10.2. The smallest absolute Gasteiger partial charge is 0.312 e. The van der Waals surface area contributed by atoms with E-state index in [1.807, 2.05) is 0 Å². The van der Waals surface area contributed by atoms with E-state index in [9.17, 15) is 26.4 Å². The molecule has 0 spiro atoms. The van der Waals surface area contributed by atoms with Crippen molar-refractivity contribution in [3.63, 3.8) is 0 Å². The Morgan fingerprint density at radius 1 is 1.29 bits per heavy atom. The van der Waals surface area contributed by atoms with Gasteiger partial charge in [0.15, 0.2) is 0 Å². The van der Waals surface area contributed by atoms with Gasteiger partial charge in [-0.3, -0.25) is 4.79 Å². The first-order chi connectivity index (χ1) is 7.58. The highest BCUT2D eigenvalue weighted by Crippen LogP contribution is 2.24. The molecular formula is C7H12F3N3O3S. The van der Waals surface area contributed by atoms with Crippen molar-refractivity contribution in [3.8, 4) is 0 Å². The molecule has 0 bridgehead atoms. The van der Waals surface area contributed by atoms with E-state index in [0.29, 0.717) is 4.31 Å². The molecule has 17 heavy (non-hydrogen) atoms. The van der Waals surface area contributed by atoms with Crippen LogP contribution >= 0.6 is 0 Å². The highest BCUT2D eigenvalue weighted by atomic mass is 32.2. The van der Waals surface area contributed by atoms with E-state index in [1.165, 1.54) is 0 Å². The Bertz CT molecular complexity index is 402. The van der Waals surface area contributed by atoms with Gasteiger partial charge in [-0.05, 0) is 0 Å². The molecular weight excluding hydrogens is 263 g/mol. The summed E-state index contributed by atoms with van der Waals surface area (Å²) in [5.74, 6) is -2.36. The Morgan fingerprint density at radius 3 is 2.00 bits per heavy atom. The van der Waals surface area contributed by atoms with Crippen LogP contribution in [-0.2, 0) is 15.0 Å². The minimum atomic E-state index is -5.21. The molecule has 1 rings (SSSR count). The van der Waals surface area contributed by atoms with Crippen LogP contribution in [0, 0.1) is 0 Å². The summed E-state index contributed by atoms with van der Waals surface area (Å²) in [5, 5.41) is 2.61. The second-order valence-electron chi connectivity index (χ2n) is 3.70. The third-order valence-corrected chi connectivity index (χ3v) is 4.13. The third-order valence-electron chi connectivity index (χ3n) is 2.24. The van der Waals surface area contributed by atoms with Gasteiger partial charge in [0.25, 0.3) is 0 Å². The summed E-state index contributed by atoms with van der Waals surface area (Å²) < 4.78 is 60.7. The number of halogens is 3. The van der Waals surface area contributed by atoms with Gasteiger partial charge < -0.3 is 5.32 Å². The molecule has 10 heteroatoms. The van der Waals surface area contributed by atoms with Crippen molar-refractivity contribution in [2.75, 3.05) is 27.2 Å². The molecule has 0 saturated carbocycles. The van der Waals surface area contributed by atoms with Crippen LogP contribution in [0.4, 0.5) is 13.2 Å². The van der Waals surface area contributed by atoms with Crippen molar-refractivity contribution < 1.29 is 26.4 Å². The van der Waals surface area contributed by atoms with E-state index in [1.54, 1.807) is 0 Å². The number of hydrogen-bond acceptors (Lipinski definition) is 4. The van der Waals surface area contributed by atoms with Crippen molar-refractivity contribution in [3.05, 3.63) is 0 Å². The molecule has 1 aliphatic heterocycles. The van der Waals surface area contributed by atoms with E-state index in [4.69, 9.17) is 0 Å². The Morgan fingerprint density at radius 2 is 1.76 bits per heavy atom. The van der Waals surface area contributed by atoms with Crippen LogP contribution in [0.15, 0.2) is 0 Å². The molecule has 0 unspecified atom stereocenters. The molecule has 1 N–H and O–H groups in total. The highest BCUT2D eigenvalue weighted by molar-refractivity contribution is 7.87. The van der Waals surface area contributed by atoms with Gasteiger partial charge in [-0.15, -0.1) is 0 Å². The zero-order valence-corrected chi connectivity index (χ0v) is 9.97. The lowest BCUT2D eigenvalue weighted by molar-refractivity contribution is -0.182. The first-order valence-electron chi connectivity index (χ1n) is 4.62. The van der Waals surface area contributed by atoms with Crippen molar-refractivity contribution in [2.45, 2.75) is 12.2 Å². The van der Waals surface area contributed by atoms with Crippen LogP contribution in [0.3, 0.4) is 0 Å². The molecule has 1 heterocycles. The number of carbonyl (C=O) groups is 1. The van der Waals surface area contributed by atoms with Gasteiger partial charge in [0, 0.05) is 27.2 Å². The second kappa shape index (κ2) is 4.42. The predicted octanol–water partition coefficient (Wildman–Crippen LogP) is -0.844. The maximum absolute atomic E-state index is 12.3. The average molecular weight is 275 g/mol. The fourth-order valence-electron chi connectivity index (χ4n) is 1.20. The fraction of sp³-hybridized carbons (Fsp3) is 0.857. The van der Waals surface area contributed by atoms with E-state index in [-0.39, 0.29) is 17.4 Å². The van der Waals surface area contributed by atoms with Gasteiger partial charge in [-0.1, -0.05) is 0 Å². The monoisotopic (exact) mass is 275 g/mol. The van der Waals surface area contributed by atoms with Crippen molar-refractivity contribution in [2.24, 2.45) is 0 Å². The summed E-state index contributed by atoms with van der Waals surface area (Å²) in [6.45, 7) is 0.0454. The van der Waals surface area contributed by atoms with Gasteiger partial charge in [0.1, 0.15) is 0 Å². The summed E-state index contributed by atoms with van der Waals surface area (Å²) in [6, 6.07) is -0.989. The van der Waals surface area contributed by atoms with Gasteiger partial charge in [-0.25, -0.2) is 4.31 Å². The lowest BCUT2D eigenvalue weighted by Crippen LogP contribution is -2.64. The summed E-state index contributed by atoms with van der Waals surface area (Å²) in [4.78, 5) is 11.1. The zero-order chi connectivity index (χ0) is 13.4. The van der Waals surface area contributed by atoms with E-state index < -0.39 is 28.3 Å². The summed E-state index contributed by atoms with van der Waals surface area (Å²) in [5.41, 5.74) is 0. The number of rotatable bonds is 3. The number of amides is 1. The maximum atomic E-state index is 12.3. The summed E-state index contributed by atoms with van der Waals surface area (Å²) in [7, 11) is -2.29. The van der Waals surface area contributed by atoms with Crippen LogP contribution in [0.25, 0.3) is 0 Å². The van der Waals surface area contributed by atoms with Crippen LogP contribution in [-0.4, -0.2) is 62.3 Å². The molecule has 1 amide bonds. The SMILES string of the molecule is CN(C)S(=O)(=O)N(C(=O)C(F)(F)F)C1CNC1. The van der Waals surface area contributed by atoms with Gasteiger partial charge in [-0.2, -0.15) is 25.9 Å². The topological polar surface area (TPSA) is 69.7 Å². The van der Waals surface area contributed by atoms with E-state index in [0.717, 1.165) is 14.1 Å². The van der Waals surface area contributed by atoms with Crippen molar-refractivity contribution in [1.82, 2.24) is 13.9 Å². The van der Waals surface area contributed by atoms with Crippen LogP contribution in [0.2, 0.25) is 0 Å². The quantitative estimate of drug-likeness (QED) is 0.729. The standard InChI is InChI=1S/C7H12F3N3O3S/c1-12(2)17(15,16)13(5-3-11-4-5)6(14)7(8,9)10/h5,11H,3-4H2,1-2H3. The van der Waals surface area contributed by atoms with Crippen molar-refractivity contribution >= 4 is 16.1 Å². The second-order valence-corrected chi connectivity index (χ2v) is 5.72. The molecule has 0 aromatic heterocycles. The van der Waals surface area contributed by atoms with Crippen LogP contribution < -0.4 is 5.32 Å². The lowest BCUT2D eigenvalue weighted by Gasteiger charge is -2.38. The predicted molar refractivity (Wildman–Crippen MR) is 52.2 cm³/mol. The van der Waals surface area contributed by atoms with Crippen LogP contribution in [0.5, 0.6) is 0 Å². The molecule has 1 saturated heterocycles. The Kier molecular flexibility index (Phi) is 3.69. The van der Waals surface area contributed by atoms with Gasteiger partial charge >= 0.3 is 22.3 Å². The van der Waals surface area contributed by atoms with Gasteiger partial charge in [0.05, 0.1) is 6.04 Å². The number of alkyl halides is 3. The zero-order valence-electron chi connectivity index (χ0n) is 9.15. The highest BCUT2D eigenvalue weighted by Gasteiger charge is 2.51. The summed E-state index contributed by atoms with van der Waals surface area (Å²) in [6.07, 6.45) is -5.21. The van der Waals surface area contributed by atoms with E-state index in [2.05, 4.69) is 5.32 Å². The third kappa shape index (κ3) is 2.69. The Labute approximate surface area is 96.5 Å². The molecule has 0 atom stereocenters. The Hall–Kier alpha value is -0.870. The minimum Gasteiger partial charge on any atom is -0.312 e. The Balaban J connectivity index is 3.09. The fourth-order valence-corrected chi connectivity index (χ4v) is 2.39. The van der Waals surface area contributed by atoms with E-state index >= 15 is 0 Å². The molecule has 0 aliphatic carbocycles. The molecule has 0 aromatic carbocycles. The number of nitrogens with one attached hydrogen (secondary N) is 1. The number of carbonyl (C=O) groups excluding carboxylic acids is 1. The normalized spacial score (nSPS) is 18.0. The summed E-state index contributed by atoms with van der Waals surface area (Å²) >= 11 is 0. The molecule has 6 nitrogen and oxygen atoms in total. The molecule has 1 fully saturated rings. The van der Waals surface area contributed by atoms with Crippen LogP contribution in [0.1, 0.15) is 0 Å². The minimum absolute atomic E-state index is 0.0227. The first-order valence-corrected chi connectivity index (χ1v) is 6.02. The largest absolute Gasteiger partial charge is 0.472 e. The molecule has 0 radical (unpaired) electrons. The first kappa shape index (κ1) is 14.2. The molecule has 0 aromatic rings.